The average molecular weight is 1710 g/mol. The number of nitrogens with zero attached hydrogens (tertiary/aromatic N) is 10. The van der Waals surface area contributed by atoms with E-state index in [2.05, 4.69) is 92.2 Å². The number of amides is 4. The molecule has 11 aromatic carbocycles. The summed E-state index contributed by atoms with van der Waals surface area (Å²) in [6.45, 7) is 5.21. The predicted octanol–water partition coefficient (Wildman–Crippen LogP) is 19.5. The number of benzene rings is 11. The molecule has 1 saturated carbocycles. The fraction of sp³-hybridized carbons (Fsp3) is 0.182. The Labute approximate surface area is 727 Å². The van der Waals surface area contributed by atoms with Gasteiger partial charge in [0.1, 0.15) is 23.1 Å². The van der Waals surface area contributed by atoms with E-state index in [1.54, 1.807) is 115 Å². The normalized spacial score (nSPS) is 12.3. The summed E-state index contributed by atoms with van der Waals surface area (Å²) in [7, 11) is 6.96. The quantitative estimate of drug-likeness (QED) is 0.0288. The first-order valence-electron chi connectivity index (χ1n) is 40.9. The van der Waals surface area contributed by atoms with Gasteiger partial charge in [-0.25, -0.2) is 13.8 Å². The second-order valence-electron chi connectivity index (χ2n) is 30.7. The Kier molecular flexibility index (Phi) is 27.8. The van der Waals surface area contributed by atoms with E-state index >= 15 is 0 Å². The Hall–Kier alpha value is -15.5. The van der Waals surface area contributed by atoms with Gasteiger partial charge in [0.25, 0.3) is 30.1 Å². The van der Waals surface area contributed by atoms with E-state index < -0.39 is 23.8 Å². The minimum atomic E-state index is -4.88. The van der Waals surface area contributed by atoms with Gasteiger partial charge in [-0.15, -0.1) is 13.2 Å². The lowest BCUT2D eigenvalue weighted by Gasteiger charge is -2.30. The molecule has 0 radical (unpaired) electrons. The van der Waals surface area contributed by atoms with Gasteiger partial charge in [-0.1, -0.05) is 164 Å². The maximum absolute atomic E-state index is 13.9. The lowest BCUT2D eigenvalue weighted by atomic mass is 9.76. The highest BCUT2D eigenvalue weighted by atomic mass is 19.4. The highest BCUT2D eigenvalue weighted by Crippen LogP contribution is 2.43. The van der Waals surface area contributed by atoms with Gasteiger partial charge in [-0.05, 0) is 177 Å². The second-order valence-corrected chi connectivity index (χ2v) is 30.7. The molecule has 4 amide bonds. The fourth-order valence-electron chi connectivity index (χ4n) is 15.5. The molecule has 28 heteroatoms. The van der Waals surface area contributed by atoms with Gasteiger partial charge in [0.2, 0.25) is 5.88 Å². The highest BCUT2D eigenvalue weighted by Gasteiger charge is 2.34. The van der Waals surface area contributed by atoms with E-state index in [0.29, 0.717) is 60.3 Å². The molecule has 1 aliphatic heterocycles. The minimum Gasteiger partial charge on any atom is -0.483 e. The van der Waals surface area contributed by atoms with Crippen LogP contribution in [0.15, 0.2) is 267 Å². The van der Waals surface area contributed by atoms with Crippen LogP contribution < -0.4 is 14.8 Å². The van der Waals surface area contributed by atoms with Crippen LogP contribution in [0.3, 0.4) is 0 Å². The molecular formula is C99H88F5N15O8. The van der Waals surface area contributed by atoms with Crippen molar-refractivity contribution < 1.29 is 60.5 Å². The zero-order chi connectivity index (χ0) is 89.3. The van der Waals surface area contributed by atoms with Gasteiger partial charge in [0.15, 0.2) is 0 Å². The third kappa shape index (κ3) is 21.1. The Bertz CT molecular complexity index is 6660. The molecule has 127 heavy (non-hydrogen) atoms. The SMILES string of the molecule is CCOc1nc(C(=O)N(C)Cc2cccc3cn[nH]c23)ccc1-c1cc(F)cc(C#N)c1.CN(Cc1cccc2cn[nH]c12)C(=O)c1ccc(-c2cccc(F)c2)c(C2CNC2)c1.CN(Cc1cccc2cn[nH]c12)C(=O)c1ccc(-c2ccccc2)c(C2CCC2)c1.CN(Cc1cccc2cn[nH]c12)C(=O)c1ccc(-c2ccccc2)c(OC(F)(F)F)c1.O=CO. The van der Waals surface area contributed by atoms with E-state index in [1.165, 1.54) is 65.1 Å². The first-order chi connectivity index (χ1) is 61.5. The van der Waals surface area contributed by atoms with E-state index in [0.717, 1.165) is 113 Å². The smallest absolute Gasteiger partial charge is 0.483 e. The Morgan fingerprint density at radius 3 is 1.28 bits per heavy atom. The Balaban J connectivity index is 0.000000136. The molecule has 2 fully saturated rings. The van der Waals surface area contributed by atoms with Crippen LogP contribution >= 0.6 is 0 Å². The Morgan fingerprint density at radius 1 is 0.465 bits per heavy atom. The van der Waals surface area contributed by atoms with E-state index in [9.17, 15) is 41.1 Å². The minimum absolute atomic E-state index is 0.0455. The number of rotatable bonds is 21. The number of carbonyl (C=O) groups is 5. The molecular weight excluding hydrogens is 1620 g/mol. The first-order valence-corrected chi connectivity index (χ1v) is 40.9. The number of pyridine rings is 1. The summed E-state index contributed by atoms with van der Waals surface area (Å²) in [6.07, 6.45) is 5.81. The third-order valence-corrected chi connectivity index (χ3v) is 22.1. The van der Waals surface area contributed by atoms with Gasteiger partial charge in [0, 0.05) is 123 Å². The summed E-state index contributed by atoms with van der Waals surface area (Å²) in [5.74, 6) is -0.855. The van der Waals surface area contributed by atoms with E-state index in [4.69, 9.17) is 19.9 Å². The molecule has 0 spiro atoms. The average Bonchev–Trinajstić information content (AvgIpc) is 1.57. The van der Waals surface area contributed by atoms with E-state index in [-0.39, 0.29) is 64.8 Å². The first kappa shape index (κ1) is 87.8. The molecule has 2 aliphatic rings. The van der Waals surface area contributed by atoms with Crippen LogP contribution in [-0.2, 0) is 31.0 Å². The van der Waals surface area contributed by atoms with Crippen molar-refractivity contribution in [3.63, 3.8) is 0 Å². The van der Waals surface area contributed by atoms with Crippen LogP contribution in [-0.4, -0.2) is 155 Å². The number of hydrogen-bond donors (Lipinski definition) is 6. The standard InChI is InChI=1S/C26H25N3O.C25H23FN4O.C24H20FN5O2.C23H18F3N3O2.CH2O2/c1-29(17-22-12-6-11-21-16-27-28-25(21)22)26(30)20-13-14-23(18-7-3-2-4-8-18)24(15-20)19-9-5-10-19;1-30(15-19-6-2-5-18-14-28-29-24(18)19)25(31)17-8-9-22(16-4-3-7-21(26)10-16)23(11-17)20-12-27-13-20;1-3-32-23-20(18-9-15(12-26)10-19(25)11-18)7-8-21(28-23)24(31)30(2)14-17-6-4-5-16-13-27-29-22(16)17;1-29(14-18-9-5-8-17-13-27-28-21(17)18)22(30)16-10-11-19(15-6-3-2-4-7-15)20(12-16)31-23(24,25)26;2-1-3/h2-4,6-8,11-16,19H,5,9-10,17H2,1H3,(H,27,28);2-11,14,20,27H,12-13,15H2,1H3,(H,28,29);4-11,13H,3,14H2,1-2H3,(H,27,29);2-13H,14H2,1H3,(H,27,28);1H,(H,2,3). The summed E-state index contributed by atoms with van der Waals surface area (Å²) in [5, 5.41) is 51.5. The second kappa shape index (κ2) is 40.2. The van der Waals surface area contributed by atoms with Crippen molar-refractivity contribution in [2.24, 2.45) is 0 Å². The lowest BCUT2D eigenvalue weighted by Crippen LogP contribution is -2.40. The van der Waals surface area contributed by atoms with Crippen molar-refractivity contribution in [2.45, 2.75) is 70.6 Å². The van der Waals surface area contributed by atoms with Crippen molar-refractivity contribution >= 4 is 73.7 Å². The number of hydrogen-bond acceptors (Lipinski definition) is 14. The monoisotopic (exact) mass is 1710 g/mol. The molecule has 1 saturated heterocycles. The lowest BCUT2D eigenvalue weighted by molar-refractivity contribution is -0.274. The molecule has 6 heterocycles. The van der Waals surface area contributed by atoms with Crippen LogP contribution in [0.5, 0.6) is 11.6 Å². The van der Waals surface area contributed by atoms with Crippen molar-refractivity contribution in [1.82, 2.24) is 70.7 Å². The topological polar surface area (TPSA) is 300 Å². The number of carbonyl (C=O) groups excluding carboxylic acids is 4. The molecule has 5 aromatic heterocycles. The molecule has 18 rings (SSSR count). The number of para-hydroxylation sites is 4. The molecule has 0 atom stereocenters. The van der Waals surface area contributed by atoms with Crippen molar-refractivity contribution in [3.05, 3.63) is 340 Å². The van der Waals surface area contributed by atoms with Gasteiger partial charge >= 0.3 is 6.36 Å². The number of carboxylic acid groups (broad SMARTS) is 1. The Morgan fingerprint density at radius 2 is 0.866 bits per heavy atom. The summed E-state index contributed by atoms with van der Waals surface area (Å²) in [5.41, 5.74) is 17.8. The number of nitrogens with one attached hydrogen (secondary N) is 5. The number of H-pyrrole nitrogens is 4. The van der Waals surface area contributed by atoms with Crippen LogP contribution in [0.25, 0.3) is 88.1 Å². The summed E-state index contributed by atoms with van der Waals surface area (Å²) >= 11 is 0. The summed E-state index contributed by atoms with van der Waals surface area (Å²) in [6, 6.07) is 74.4. The summed E-state index contributed by atoms with van der Waals surface area (Å²) < 4.78 is 76.7. The zero-order valence-corrected chi connectivity index (χ0v) is 69.9. The number of nitriles is 1. The number of alkyl halides is 3. The number of fused-ring (bicyclic) bond motifs is 4. The third-order valence-electron chi connectivity index (χ3n) is 22.1. The number of aromatic amines is 4. The zero-order valence-electron chi connectivity index (χ0n) is 69.9. The molecule has 1 aliphatic carbocycles. The maximum atomic E-state index is 13.9. The highest BCUT2D eigenvalue weighted by molar-refractivity contribution is 5.98. The van der Waals surface area contributed by atoms with Crippen LogP contribution in [0.2, 0.25) is 0 Å². The molecule has 6 N–H and O–H groups in total. The van der Waals surface area contributed by atoms with Crippen molar-refractivity contribution in [1.29, 1.82) is 5.26 Å². The molecule has 0 bridgehead atoms. The fourth-order valence-corrected chi connectivity index (χ4v) is 15.5. The van der Waals surface area contributed by atoms with Crippen LogP contribution in [0.1, 0.15) is 119 Å². The van der Waals surface area contributed by atoms with Gasteiger partial charge in [0.05, 0.1) is 65.1 Å². The summed E-state index contributed by atoms with van der Waals surface area (Å²) in [4.78, 5) is 71.8. The van der Waals surface area contributed by atoms with Crippen molar-refractivity contribution in [3.8, 4) is 62.2 Å². The van der Waals surface area contributed by atoms with Gasteiger partial charge in [-0.3, -0.25) is 44.4 Å². The number of aromatic nitrogens is 9. The number of halogens is 5. The van der Waals surface area contributed by atoms with Gasteiger partial charge < -0.3 is 39.5 Å². The van der Waals surface area contributed by atoms with Crippen molar-refractivity contribution in [2.75, 3.05) is 47.9 Å². The number of ether oxygens (including phenoxy) is 2. The van der Waals surface area contributed by atoms with E-state index in [1.807, 2.05) is 136 Å². The maximum Gasteiger partial charge on any atom is 0.573 e. The molecule has 0 unspecified atom stereocenters. The van der Waals surface area contributed by atoms with Crippen LogP contribution in [0, 0.1) is 23.0 Å². The van der Waals surface area contributed by atoms with Crippen LogP contribution in [0.4, 0.5) is 22.0 Å². The largest absolute Gasteiger partial charge is 0.573 e. The predicted molar refractivity (Wildman–Crippen MR) is 476 cm³/mol. The van der Waals surface area contributed by atoms with Gasteiger partial charge in [-0.2, -0.15) is 25.7 Å². The molecule has 642 valence electrons. The molecule has 16 aromatic rings. The molecule has 23 nitrogen and oxygen atoms in total.